The van der Waals surface area contributed by atoms with Gasteiger partial charge in [-0.05, 0) is 56.3 Å². The van der Waals surface area contributed by atoms with Gasteiger partial charge >= 0.3 is 0 Å². The maximum atomic E-state index is 5.73. The summed E-state index contributed by atoms with van der Waals surface area (Å²) in [6.45, 7) is 11.0. The van der Waals surface area contributed by atoms with Crippen LogP contribution >= 0.6 is 0 Å². The lowest BCUT2D eigenvalue weighted by Crippen LogP contribution is -2.44. The van der Waals surface area contributed by atoms with Gasteiger partial charge in [-0.2, -0.15) is 0 Å². The molecule has 3 aliphatic rings. The van der Waals surface area contributed by atoms with Crippen LogP contribution in [0.15, 0.2) is 18.2 Å². The van der Waals surface area contributed by atoms with Gasteiger partial charge in [0.05, 0.1) is 13.7 Å². The van der Waals surface area contributed by atoms with Gasteiger partial charge in [-0.1, -0.05) is 13.0 Å². The highest BCUT2D eigenvalue weighted by Crippen LogP contribution is 2.31. The molecule has 24 heavy (non-hydrogen) atoms. The Bertz CT molecular complexity index is 534. The quantitative estimate of drug-likeness (QED) is 0.764. The number of benzene rings is 1. The van der Waals surface area contributed by atoms with E-state index in [1.165, 1.54) is 51.0 Å². The maximum absolute atomic E-state index is 5.73. The highest BCUT2D eigenvalue weighted by molar-refractivity contribution is 5.43. The van der Waals surface area contributed by atoms with Gasteiger partial charge in [0.25, 0.3) is 0 Å². The first kappa shape index (κ1) is 17.6. The molecule has 1 aromatic rings. The van der Waals surface area contributed by atoms with Gasteiger partial charge < -0.3 is 9.47 Å². The summed E-state index contributed by atoms with van der Waals surface area (Å²) in [6.07, 6.45) is 4.03. The van der Waals surface area contributed by atoms with Crippen LogP contribution in [0.25, 0.3) is 0 Å². The number of piperidine rings is 1. The van der Waals surface area contributed by atoms with Crippen molar-refractivity contribution in [1.82, 2.24) is 9.80 Å². The molecule has 0 N–H and O–H groups in total. The number of methoxy groups -OCH3 is 1. The number of ether oxygens (including phenoxy) is 2. The molecule has 0 unspecified atom stereocenters. The summed E-state index contributed by atoms with van der Waals surface area (Å²) < 4.78 is 11.1. The molecule has 0 saturated carbocycles. The summed E-state index contributed by atoms with van der Waals surface area (Å²) in [5.74, 6) is 2.52. The largest absolute Gasteiger partial charge is 0.493 e. The Morgan fingerprint density at radius 1 is 1.08 bits per heavy atom. The fraction of sp³-hybridized carbons (Fsp3) is 0.700. The van der Waals surface area contributed by atoms with Crippen molar-refractivity contribution >= 4 is 0 Å². The minimum atomic E-state index is 0.666. The first-order valence-corrected chi connectivity index (χ1v) is 9.49. The van der Waals surface area contributed by atoms with Gasteiger partial charge in [-0.15, -0.1) is 0 Å². The minimum Gasteiger partial charge on any atom is -0.493 e. The minimum absolute atomic E-state index is 0.666. The lowest BCUT2D eigenvalue weighted by Gasteiger charge is -2.35. The van der Waals surface area contributed by atoms with Gasteiger partial charge in [-0.25, -0.2) is 0 Å². The molecule has 0 aromatic heterocycles. The third-order valence-corrected chi connectivity index (χ3v) is 5.35. The van der Waals surface area contributed by atoms with Crippen molar-refractivity contribution in [1.29, 1.82) is 0 Å². The number of hydrogen-bond acceptors (Lipinski definition) is 4. The zero-order chi connectivity index (χ0) is 16.9. The molecule has 1 aromatic carbocycles. The molecule has 0 spiro atoms. The van der Waals surface area contributed by atoms with Crippen LogP contribution in [0, 0.1) is 5.92 Å². The Labute approximate surface area is 146 Å². The molecule has 3 aliphatic heterocycles. The first-order chi connectivity index (χ1) is 11.7. The SMILES string of the molecule is CCCN1C[C@@H]2CC[C@H]1CN(Cc1ccc(OC)c(OCC)c1)C2. The predicted molar refractivity (Wildman–Crippen MR) is 97.8 cm³/mol. The second-order valence-electron chi connectivity index (χ2n) is 7.20. The van der Waals surface area contributed by atoms with Crippen molar-refractivity contribution in [2.45, 2.75) is 45.7 Å². The van der Waals surface area contributed by atoms with E-state index in [2.05, 4.69) is 28.9 Å². The second kappa shape index (κ2) is 8.21. The van der Waals surface area contributed by atoms with Crippen LogP contribution in [0.5, 0.6) is 11.5 Å². The third kappa shape index (κ3) is 4.04. The maximum Gasteiger partial charge on any atom is 0.161 e. The van der Waals surface area contributed by atoms with Crippen LogP contribution in [-0.2, 0) is 6.54 Å². The second-order valence-corrected chi connectivity index (χ2v) is 7.20. The zero-order valence-corrected chi connectivity index (χ0v) is 15.5. The molecule has 2 bridgehead atoms. The number of fused-ring (bicyclic) bond motifs is 4. The van der Waals surface area contributed by atoms with Gasteiger partial charge in [-0.3, -0.25) is 9.80 Å². The summed E-state index contributed by atoms with van der Waals surface area (Å²) in [7, 11) is 1.70. The highest BCUT2D eigenvalue weighted by atomic mass is 16.5. The fourth-order valence-corrected chi connectivity index (χ4v) is 4.31. The Morgan fingerprint density at radius 3 is 2.71 bits per heavy atom. The molecular weight excluding hydrogens is 300 g/mol. The van der Waals surface area contributed by atoms with Crippen LogP contribution in [0.1, 0.15) is 38.7 Å². The third-order valence-electron chi connectivity index (χ3n) is 5.35. The molecule has 3 fully saturated rings. The van der Waals surface area contributed by atoms with E-state index in [1.807, 2.05) is 13.0 Å². The molecule has 0 aliphatic carbocycles. The fourth-order valence-electron chi connectivity index (χ4n) is 4.31. The summed E-state index contributed by atoms with van der Waals surface area (Å²) in [5, 5.41) is 0. The van der Waals surface area contributed by atoms with E-state index < -0.39 is 0 Å². The smallest absolute Gasteiger partial charge is 0.161 e. The van der Waals surface area contributed by atoms with E-state index >= 15 is 0 Å². The number of hydrogen-bond donors (Lipinski definition) is 0. The molecule has 3 saturated heterocycles. The summed E-state index contributed by atoms with van der Waals surface area (Å²) in [5.41, 5.74) is 1.32. The molecule has 4 nitrogen and oxygen atoms in total. The van der Waals surface area contributed by atoms with Gasteiger partial charge in [0.2, 0.25) is 0 Å². The summed E-state index contributed by atoms with van der Waals surface area (Å²) in [6, 6.07) is 7.11. The van der Waals surface area contributed by atoms with E-state index in [9.17, 15) is 0 Å². The lowest BCUT2D eigenvalue weighted by atomic mass is 9.95. The average molecular weight is 332 g/mol. The zero-order valence-electron chi connectivity index (χ0n) is 15.5. The molecular formula is C20H32N2O2. The van der Waals surface area contributed by atoms with Crippen molar-refractivity contribution in [3.8, 4) is 11.5 Å². The average Bonchev–Trinajstić information content (AvgIpc) is 2.86. The van der Waals surface area contributed by atoms with Crippen molar-refractivity contribution in [3.63, 3.8) is 0 Å². The molecule has 4 heteroatoms. The van der Waals surface area contributed by atoms with E-state index in [0.717, 1.165) is 30.0 Å². The first-order valence-electron chi connectivity index (χ1n) is 9.49. The highest BCUT2D eigenvalue weighted by Gasteiger charge is 2.34. The molecule has 4 rings (SSSR count). The number of rotatable bonds is 7. The van der Waals surface area contributed by atoms with Crippen molar-refractivity contribution in [2.24, 2.45) is 5.92 Å². The van der Waals surface area contributed by atoms with E-state index in [4.69, 9.17) is 9.47 Å². The van der Waals surface area contributed by atoms with Crippen LogP contribution in [0.2, 0.25) is 0 Å². The molecule has 134 valence electrons. The normalized spacial score (nSPS) is 24.8. The number of nitrogens with zero attached hydrogens (tertiary/aromatic N) is 2. The lowest BCUT2D eigenvalue weighted by molar-refractivity contribution is 0.131. The summed E-state index contributed by atoms with van der Waals surface area (Å²) in [4.78, 5) is 5.38. The van der Waals surface area contributed by atoms with E-state index in [-0.39, 0.29) is 0 Å². The van der Waals surface area contributed by atoms with Crippen molar-refractivity contribution < 1.29 is 9.47 Å². The molecule has 0 amide bonds. The predicted octanol–water partition coefficient (Wildman–Crippen LogP) is 3.40. The van der Waals surface area contributed by atoms with E-state index in [0.29, 0.717) is 6.61 Å². The monoisotopic (exact) mass is 332 g/mol. The van der Waals surface area contributed by atoms with Gasteiger partial charge in [0.15, 0.2) is 11.5 Å². The Balaban J connectivity index is 1.69. The van der Waals surface area contributed by atoms with Crippen molar-refractivity contribution in [2.75, 3.05) is 39.9 Å². The van der Waals surface area contributed by atoms with Crippen LogP contribution in [-0.4, -0.2) is 55.7 Å². The standard InChI is InChI=1S/C20H32N2O2/c1-4-10-22-14-17-6-8-18(22)15-21(13-17)12-16-7-9-19(23-3)20(11-16)24-5-2/h7,9,11,17-18H,4-6,8,10,12-15H2,1-3H3/t17-,18+/m1/s1. The Morgan fingerprint density at radius 2 is 1.96 bits per heavy atom. The topological polar surface area (TPSA) is 24.9 Å². The van der Waals surface area contributed by atoms with E-state index in [1.54, 1.807) is 7.11 Å². The van der Waals surface area contributed by atoms with Crippen molar-refractivity contribution in [3.05, 3.63) is 23.8 Å². The molecule has 2 atom stereocenters. The molecule has 3 heterocycles. The van der Waals surface area contributed by atoms with Crippen LogP contribution < -0.4 is 9.47 Å². The van der Waals surface area contributed by atoms with Crippen LogP contribution in [0.3, 0.4) is 0 Å². The summed E-state index contributed by atoms with van der Waals surface area (Å²) >= 11 is 0. The van der Waals surface area contributed by atoms with Gasteiger partial charge in [0, 0.05) is 32.2 Å². The van der Waals surface area contributed by atoms with Gasteiger partial charge in [0.1, 0.15) is 0 Å². The van der Waals surface area contributed by atoms with Crippen LogP contribution in [0.4, 0.5) is 0 Å². The Hall–Kier alpha value is -1.26. The molecule has 0 radical (unpaired) electrons. The Kier molecular flexibility index (Phi) is 6.01.